The Balaban J connectivity index is 2.21. The van der Waals surface area contributed by atoms with Gasteiger partial charge < -0.3 is 15.6 Å². The van der Waals surface area contributed by atoms with Gasteiger partial charge in [0.2, 0.25) is 0 Å². The van der Waals surface area contributed by atoms with Crippen LogP contribution in [0.15, 0.2) is 24.5 Å². The van der Waals surface area contributed by atoms with Crippen molar-refractivity contribution >= 4 is 22.9 Å². The zero-order valence-corrected chi connectivity index (χ0v) is 11.0. The first-order valence-electron chi connectivity index (χ1n) is 5.48. The summed E-state index contributed by atoms with van der Waals surface area (Å²) in [5.41, 5.74) is 5.28. The third-order valence-corrected chi connectivity index (χ3v) is 2.91. The van der Waals surface area contributed by atoms with E-state index in [1.165, 1.54) is 0 Å². The third-order valence-electron chi connectivity index (χ3n) is 2.67. The van der Waals surface area contributed by atoms with Crippen molar-refractivity contribution in [2.75, 3.05) is 5.32 Å². The van der Waals surface area contributed by atoms with Gasteiger partial charge in [-0.05, 0) is 12.1 Å². The molecule has 0 aliphatic carbocycles. The highest BCUT2D eigenvalue weighted by atomic mass is 32.1. The Morgan fingerprint density at radius 3 is 2.53 bits per heavy atom. The van der Waals surface area contributed by atoms with Gasteiger partial charge in [0.15, 0.2) is 0 Å². The van der Waals surface area contributed by atoms with Crippen LogP contribution in [-0.2, 0) is 13.6 Å². The summed E-state index contributed by atoms with van der Waals surface area (Å²) in [5.74, 6) is -0.814. The van der Waals surface area contributed by atoms with E-state index in [9.17, 15) is 8.78 Å². The number of hydrogen-bond donors (Lipinski definition) is 2. The van der Waals surface area contributed by atoms with Crippen LogP contribution in [0, 0.1) is 11.6 Å². The number of benzene rings is 1. The molecule has 1 aromatic heterocycles. The Labute approximate surface area is 114 Å². The molecular formula is C12H12F2N4S. The van der Waals surface area contributed by atoms with E-state index in [0.29, 0.717) is 5.82 Å². The first-order chi connectivity index (χ1) is 8.99. The number of anilines is 1. The Hall–Kier alpha value is -2.02. The lowest BCUT2D eigenvalue weighted by Gasteiger charge is -2.10. The average Bonchev–Trinajstić information content (AvgIpc) is 2.73. The number of aromatic nitrogens is 2. The van der Waals surface area contributed by atoms with Gasteiger partial charge in [-0.2, -0.15) is 0 Å². The number of thiocarbonyl (C=S) groups is 1. The van der Waals surface area contributed by atoms with E-state index in [2.05, 4.69) is 22.5 Å². The Bertz CT molecular complexity index is 601. The predicted octanol–water partition coefficient (Wildman–Crippen LogP) is 1.94. The molecule has 0 unspecified atom stereocenters. The fourth-order valence-corrected chi connectivity index (χ4v) is 1.74. The van der Waals surface area contributed by atoms with Gasteiger partial charge in [0, 0.05) is 25.0 Å². The molecule has 2 aromatic rings. The molecule has 1 heterocycles. The summed E-state index contributed by atoms with van der Waals surface area (Å²) in [7, 11) is 1.80. The minimum absolute atomic E-state index is 0.0477. The summed E-state index contributed by atoms with van der Waals surface area (Å²) >= 11 is 4.68. The van der Waals surface area contributed by atoms with Crippen molar-refractivity contribution in [3.05, 3.63) is 47.5 Å². The predicted molar refractivity (Wildman–Crippen MR) is 72.8 cm³/mol. The van der Waals surface area contributed by atoms with Crippen molar-refractivity contribution in [1.29, 1.82) is 0 Å². The number of halogens is 2. The average molecular weight is 282 g/mol. The lowest BCUT2D eigenvalue weighted by Crippen LogP contribution is -2.13. The summed E-state index contributed by atoms with van der Waals surface area (Å²) < 4.78 is 29.3. The summed E-state index contributed by atoms with van der Waals surface area (Å²) in [6.07, 6.45) is 3.36. The number of nitrogens with zero attached hydrogens (tertiary/aromatic N) is 2. The molecule has 0 bridgehead atoms. The van der Waals surface area contributed by atoms with Crippen molar-refractivity contribution in [3.63, 3.8) is 0 Å². The van der Waals surface area contributed by atoms with Gasteiger partial charge in [-0.3, -0.25) is 0 Å². The third kappa shape index (κ3) is 2.87. The number of aryl methyl sites for hydroxylation is 1. The van der Waals surface area contributed by atoms with Crippen LogP contribution in [0.3, 0.4) is 0 Å². The van der Waals surface area contributed by atoms with Crippen LogP contribution in [0.2, 0.25) is 0 Å². The normalized spacial score (nSPS) is 10.5. The lowest BCUT2D eigenvalue weighted by atomic mass is 10.2. The van der Waals surface area contributed by atoms with Crippen molar-refractivity contribution in [2.24, 2.45) is 12.8 Å². The molecule has 0 spiro atoms. The molecule has 3 N–H and O–H groups in total. The Morgan fingerprint density at radius 1 is 1.42 bits per heavy atom. The molecule has 0 amide bonds. The largest absolute Gasteiger partial charge is 0.389 e. The monoisotopic (exact) mass is 282 g/mol. The van der Waals surface area contributed by atoms with E-state index in [1.54, 1.807) is 24.0 Å². The van der Waals surface area contributed by atoms with Crippen molar-refractivity contribution in [1.82, 2.24) is 9.55 Å². The molecular weight excluding hydrogens is 270 g/mol. The van der Waals surface area contributed by atoms with Crippen LogP contribution >= 0.6 is 12.2 Å². The SMILES string of the molecule is Cn1ccnc1CNc1c(F)cc(C(N)=S)cc1F. The van der Waals surface area contributed by atoms with Crippen LogP contribution in [0.5, 0.6) is 0 Å². The topological polar surface area (TPSA) is 55.9 Å². The maximum atomic E-state index is 13.8. The van der Waals surface area contributed by atoms with Crippen LogP contribution in [0.4, 0.5) is 14.5 Å². The molecule has 0 aliphatic heterocycles. The van der Waals surface area contributed by atoms with E-state index < -0.39 is 11.6 Å². The Kier molecular flexibility index (Phi) is 3.75. The number of nitrogens with one attached hydrogen (secondary N) is 1. The maximum absolute atomic E-state index is 13.8. The van der Waals surface area contributed by atoms with E-state index >= 15 is 0 Å². The molecule has 0 atom stereocenters. The highest BCUT2D eigenvalue weighted by Gasteiger charge is 2.12. The Morgan fingerprint density at radius 2 is 2.05 bits per heavy atom. The van der Waals surface area contributed by atoms with Crippen molar-refractivity contribution in [2.45, 2.75) is 6.54 Å². The number of rotatable bonds is 4. The second-order valence-corrected chi connectivity index (χ2v) is 4.43. The molecule has 1 aromatic carbocycles. The second-order valence-electron chi connectivity index (χ2n) is 3.99. The summed E-state index contributed by atoms with van der Waals surface area (Å²) in [6.45, 7) is 0.212. The minimum atomic E-state index is -0.739. The number of nitrogens with two attached hydrogens (primary N) is 1. The quantitative estimate of drug-likeness (QED) is 0.842. The fraction of sp³-hybridized carbons (Fsp3) is 0.167. The van der Waals surface area contributed by atoms with E-state index in [4.69, 9.17) is 5.73 Å². The first-order valence-corrected chi connectivity index (χ1v) is 5.88. The highest BCUT2D eigenvalue weighted by molar-refractivity contribution is 7.80. The zero-order valence-electron chi connectivity index (χ0n) is 10.2. The smallest absolute Gasteiger partial charge is 0.150 e. The molecule has 7 heteroatoms. The van der Waals surface area contributed by atoms with Crippen LogP contribution in [0.25, 0.3) is 0 Å². The van der Waals surface area contributed by atoms with Gasteiger partial charge in [0.1, 0.15) is 28.1 Å². The van der Waals surface area contributed by atoms with Gasteiger partial charge in [-0.15, -0.1) is 0 Å². The lowest BCUT2D eigenvalue weighted by molar-refractivity contribution is 0.586. The van der Waals surface area contributed by atoms with Gasteiger partial charge in [0.05, 0.1) is 6.54 Å². The fourth-order valence-electron chi connectivity index (χ4n) is 1.62. The van der Waals surface area contributed by atoms with Gasteiger partial charge in [-0.25, -0.2) is 13.8 Å². The van der Waals surface area contributed by atoms with Crippen molar-refractivity contribution in [3.8, 4) is 0 Å². The second kappa shape index (κ2) is 5.31. The van der Waals surface area contributed by atoms with Gasteiger partial charge in [-0.1, -0.05) is 12.2 Å². The molecule has 4 nitrogen and oxygen atoms in total. The summed E-state index contributed by atoms with van der Waals surface area (Å²) in [5, 5.41) is 2.67. The van der Waals surface area contributed by atoms with Crippen LogP contribution in [0.1, 0.15) is 11.4 Å². The highest BCUT2D eigenvalue weighted by Crippen LogP contribution is 2.21. The number of imidazole rings is 1. The first kappa shape index (κ1) is 13.4. The van der Waals surface area contributed by atoms with E-state index in [1.807, 2.05) is 0 Å². The van der Waals surface area contributed by atoms with Crippen LogP contribution in [-0.4, -0.2) is 14.5 Å². The minimum Gasteiger partial charge on any atom is -0.389 e. The van der Waals surface area contributed by atoms with Crippen molar-refractivity contribution < 1.29 is 8.78 Å². The van der Waals surface area contributed by atoms with E-state index in [0.717, 1.165) is 12.1 Å². The van der Waals surface area contributed by atoms with Crippen LogP contribution < -0.4 is 11.1 Å². The zero-order chi connectivity index (χ0) is 14.0. The molecule has 19 heavy (non-hydrogen) atoms. The van der Waals surface area contributed by atoms with Gasteiger partial charge >= 0.3 is 0 Å². The molecule has 0 saturated carbocycles. The van der Waals surface area contributed by atoms with Gasteiger partial charge in [0.25, 0.3) is 0 Å². The van der Waals surface area contributed by atoms with E-state index in [-0.39, 0.29) is 22.8 Å². The summed E-state index contributed by atoms with van der Waals surface area (Å²) in [6, 6.07) is 2.21. The molecule has 0 aliphatic rings. The molecule has 0 saturated heterocycles. The molecule has 0 radical (unpaired) electrons. The molecule has 0 fully saturated rings. The summed E-state index contributed by atoms with van der Waals surface area (Å²) in [4.78, 5) is 4.00. The number of hydrogen-bond acceptors (Lipinski definition) is 3. The molecule has 100 valence electrons. The standard InChI is InChI=1S/C12H12F2N4S/c1-18-3-2-16-10(18)6-17-11-8(13)4-7(12(15)19)5-9(11)14/h2-5,17H,6H2,1H3,(H2,15,19). The molecule has 2 rings (SSSR count). The maximum Gasteiger partial charge on any atom is 0.150 e.